The average molecular weight is 266 g/mol. The van der Waals surface area contributed by atoms with Gasteiger partial charge in [0, 0.05) is 38.8 Å². The van der Waals surface area contributed by atoms with Gasteiger partial charge in [-0.1, -0.05) is 12.1 Å². The summed E-state index contributed by atoms with van der Waals surface area (Å²) in [5.74, 6) is -0.0531. The Morgan fingerprint density at radius 1 is 1.42 bits per heavy atom. The van der Waals surface area contributed by atoms with Crippen LogP contribution in [0.15, 0.2) is 24.3 Å². The lowest BCUT2D eigenvalue weighted by molar-refractivity contribution is -0.384. The Labute approximate surface area is 111 Å². The lowest BCUT2D eigenvalue weighted by Gasteiger charge is -2.05. The number of carbonyl (C=O) groups excluding carboxylic acids is 1. The van der Waals surface area contributed by atoms with Crippen molar-refractivity contribution in [2.75, 3.05) is 13.7 Å². The number of ether oxygens (including phenoxy) is 1. The number of amides is 1. The zero-order valence-electron chi connectivity index (χ0n) is 10.9. The zero-order chi connectivity index (χ0) is 14.1. The van der Waals surface area contributed by atoms with E-state index >= 15 is 0 Å². The quantitative estimate of drug-likeness (QED) is 0.443. The molecule has 19 heavy (non-hydrogen) atoms. The van der Waals surface area contributed by atoms with Crippen LogP contribution in [0.1, 0.15) is 24.8 Å². The van der Waals surface area contributed by atoms with Crippen LogP contribution in [-0.2, 0) is 16.1 Å². The van der Waals surface area contributed by atoms with Crippen molar-refractivity contribution < 1.29 is 14.5 Å². The predicted molar refractivity (Wildman–Crippen MR) is 70.7 cm³/mol. The second-order valence-corrected chi connectivity index (χ2v) is 4.15. The third-order valence-electron chi connectivity index (χ3n) is 2.61. The monoisotopic (exact) mass is 266 g/mol. The highest BCUT2D eigenvalue weighted by atomic mass is 16.6. The van der Waals surface area contributed by atoms with E-state index in [0.717, 1.165) is 18.4 Å². The highest BCUT2D eigenvalue weighted by molar-refractivity contribution is 5.75. The Balaban J connectivity index is 2.33. The molecule has 104 valence electrons. The van der Waals surface area contributed by atoms with E-state index < -0.39 is 4.92 Å². The van der Waals surface area contributed by atoms with Gasteiger partial charge in [0.2, 0.25) is 5.91 Å². The number of unbranched alkanes of at least 4 members (excludes halogenated alkanes) is 1. The summed E-state index contributed by atoms with van der Waals surface area (Å²) in [4.78, 5) is 21.7. The molecule has 0 bridgehead atoms. The molecule has 0 heterocycles. The fourth-order valence-electron chi connectivity index (χ4n) is 1.60. The Bertz CT molecular complexity index is 434. The number of nitro benzene ring substituents is 1. The standard InChI is InChI=1S/C13H18N2O4/c1-19-8-3-2-7-13(16)14-10-11-5-4-6-12(9-11)15(17)18/h4-6,9H,2-3,7-8,10H2,1H3,(H,14,16). The van der Waals surface area contributed by atoms with Crippen molar-refractivity contribution in [2.24, 2.45) is 0 Å². The summed E-state index contributed by atoms with van der Waals surface area (Å²) in [6.07, 6.45) is 2.06. The SMILES string of the molecule is COCCCCC(=O)NCc1cccc([N+](=O)[O-])c1. The molecule has 0 aliphatic carbocycles. The third-order valence-corrected chi connectivity index (χ3v) is 2.61. The molecule has 1 aromatic rings. The van der Waals surface area contributed by atoms with Crippen LogP contribution in [-0.4, -0.2) is 24.5 Å². The van der Waals surface area contributed by atoms with Gasteiger partial charge in [0.05, 0.1) is 4.92 Å². The summed E-state index contributed by atoms with van der Waals surface area (Å²) in [6, 6.07) is 6.25. The smallest absolute Gasteiger partial charge is 0.269 e. The van der Waals surface area contributed by atoms with Gasteiger partial charge in [0.15, 0.2) is 0 Å². The van der Waals surface area contributed by atoms with Crippen molar-refractivity contribution in [3.63, 3.8) is 0 Å². The predicted octanol–water partition coefficient (Wildman–Crippen LogP) is 2.03. The van der Waals surface area contributed by atoms with Crippen LogP contribution in [0.25, 0.3) is 0 Å². The normalized spacial score (nSPS) is 10.2. The third kappa shape index (κ3) is 5.96. The van der Waals surface area contributed by atoms with Crippen LogP contribution in [0.5, 0.6) is 0 Å². The van der Waals surface area contributed by atoms with Gasteiger partial charge in [-0.2, -0.15) is 0 Å². The van der Waals surface area contributed by atoms with Crippen LogP contribution in [0, 0.1) is 10.1 Å². The second-order valence-electron chi connectivity index (χ2n) is 4.15. The van der Waals surface area contributed by atoms with Crippen LogP contribution in [0.4, 0.5) is 5.69 Å². The summed E-state index contributed by atoms with van der Waals surface area (Å²) < 4.78 is 4.89. The van der Waals surface area contributed by atoms with Crippen LogP contribution in [0.3, 0.4) is 0 Å². The first-order valence-corrected chi connectivity index (χ1v) is 6.12. The molecule has 1 amide bonds. The van der Waals surface area contributed by atoms with E-state index in [1.807, 2.05) is 0 Å². The Hall–Kier alpha value is -1.95. The fourth-order valence-corrected chi connectivity index (χ4v) is 1.60. The van der Waals surface area contributed by atoms with E-state index in [2.05, 4.69) is 5.32 Å². The number of rotatable bonds is 8. The molecule has 0 aliphatic rings. The van der Waals surface area contributed by atoms with E-state index in [0.29, 0.717) is 19.6 Å². The summed E-state index contributed by atoms with van der Waals surface area (Å²) in [5, 5.41) is 13.3. The van der Waals surface area contributed by atoms with Crippen molar-refractivity contribution in [2.45, 2.75) is 25.8 Å². The highest BCUT2D eigenvalue weighted by Gasteiger charge is 2.06. The van der Waals surface area contributed by atoms with E-state index in [4.69, 9.17) is 4.74 Å². The fraction of sp³-hybridized carbons (Fsp3) is 0.462. The Morgan fingerprint density at radius 2 is 2.21 bits per heavy atom. The van der Waals surface area contributed by atoms with Crippen LogP contribution in [0.2, 0.25) is 0 Å². The van der Waals surface area contributed by atoms with Gasteiger partial charge in [0.25, 0.3) is 5.69 Å². The first kappa shape index (κ1) is 15.1. The molecule has 0 spiro atoms. The minimum absolute atomic E-state index is 0.0341. The summed E-state index contributed by atoms with van der Waals surface area (Å²) in [7, 11) is 1.63. The summed E-state index contributed by atoms with van der Waals surface area (Å²) >= 11 is 0. The molecule has 1 N–H and O–H groups in total. The number of hydrogen-bond donors (Lipinski definition) is 1. The Kier molecular flexibility index (Phi) is 6.52. The van der Waals surface area contributed by atoms with E-state index in [1.54, 1.807) is 19.2 Å². The van der Waals surface area contributed by atoms with Crippen molar-refractivity contribution in [3.8, 4) is 0 Å². The molecule has 0 saturated carbocycles. The number of nitrogens with zero attached hydrogens (tertiary/aromatic N) is 1. The van der Waals surface area contributed by atoms with Crippen LogP contribution >= 0.6 is 0 Å². The molecule has 0 atom stereocenters. The van der Waals surface area contributed by atoms with E-state index in [9.17, 15) is 14.9 Å². The van der Waals surface area contributed by atoms with Gasteiger partial charge in [-0.3, -0.25) is 14.9 Å². The van der Waals surface area contributed by atoms with Crippen molar-refractivity contribution in [1.29, 1.82) is 0 Å². The number of nitro groups is 1. The number of hydrogen-bond acceptors (Lipinski definition) is 4. The minimum Gasteiger partial charge on any atom is -0.385 e. The second kappa shape index (κ2) is 8.20. The lowest BCUT2D eigenvalue weighted by atomic mass is 10.2. The highest BCUT2D eigenvalue weighted by Crippen LogP contribution is 2.12. The van der Waals surface area contributed by atoms with Crippen LogP contribution < -0.4 is 5.32 Å². The summed E-state index contributed by atoms with van der Waals surface area (Å²) in [6.45, 7) is 0.961. The van der Waals surface area contributed by atoms with Gasteiger partial charge in [-0.25, -0.2) is 0 Å². The Morgan fingerprint density at radius 3 is 2.89 bits per heavy atom. The number of methoxy groups -OCH3 is 1. The molecule has 0 fully saturated rings. The van der Waals surface area contributed by atoms with Gasteiger partial charge in [0.1, 0.15) is 0 Å². The lowest BCUT2D eigenvalue weighted by Crippen LogP contribution is -2.22. The molecular formula is C13H18N2O4. The molecule has 6 nitrogen and oxygen atoms in total. The topological polar surface area (TPSA) is 81.5 Å². The average Bonchev–Trinajstić information content (AvgIpc) is 2.41. The molecule has 1 aromatic carbocycles. The molecule has 0 aliphatic heterocycles. The van der Waals surface area contributed by atoms with E-state index in [1.165, 1.54) is 12.1 Å². The van der Waals surface area contributed by atoms with Crippen molar-refractivity contribution in [3.05, 3.63) is 39.9 Å². The van der Waals surface area contributed by atoms with E-state index in [-0.39, 0.29) is 11.6 Å². The van der Waals surface area contributed by atoms with Crippen molar-refractivity contribution >= 4 is 11.6 Å². The molecule has 0 radical (unpaired) electrons. The maximum absolute atomic E-state index is 11.5. The first-order valence-electron chi connectivity index (χ1n) is 6.12. The minimum atomic E-state index is -0.448. The number of non-ortho nitro benzene ring substituents is 1. The van der Waals surface area contributed by atoms with Crippen molar-refractivity contribution in [1.82, 2.24) is 5.32 Å². The molecule has 6 heteroatoms. The van der Waals surface area contributed by atoms with Gasteiger partial charge >= 0.3 is 0 Å². The molecule has 0 saturated heterocycles. The first-order chi connectivity index (χ1) is 9.13. The number of nitrogens with one attached hydrogen (secondary N) is 1. The zero-order valence-corrected chi connectivity index (χ0v) is 10.9. The summed E-state index contributed by atoms with van der Waals surface area (Å²) in [5.41, 5.74) is 0.756. The largest absolute Gasteiger partial charge is 0.385 e. The maximum Gasteiger partial charge on any atom is 0.269 e. The number of benzene rings is 1. The number of carbonyl (C=O) groups is 1. The van der Waals surface area contributed by atoms with Gasteiger partial charge in [-0.15, -0.1) is 0 Å². The molecular weight excluding hydrogens is 248 g/mol. The molecule has 1 rings (SSSR count). The van der Waals surface area contributed by atoms with Gasteiger partial charge < -0.3 is 10.1 Å². The molecule has 0 aromatic heterocycles. The van der Waals surface area contributed by atoms with Gasteiger partial charge in [-0.05, 0) is 18.4 Å². The molecule has 0 unspecified atom stereocenters. The maximum atomic E-state index is 11.5.